The van der Waals surface area contributed by atoms with E-state index in [0.717, 1.165) is 37.2 Å². The van der Waals surface area contributed by atoms with Crippen molar-refractivity contribution >= 4 is 27.3 Å². The van der Waals surface area contributed by atoms with Gasteiger partial charge in [-0.15, -0.1) is 0 Å². The molecule has 39 heavy (non-hydrogen) atoms. The smallest absolute Gasteiger partial charge is 0.254 e. The van der Waals surface area contributed by atoms with E-state index in [4.69, 9.17) is 4.74 Å². The van der Waals surface area contributed by atoms with Gasteiger partial charge in [-0.25, -0.2) is 12.8 Å². The van der Waals surface area contributed by atoms with Gasteiger partial charge in [0.15, 0.2) is 0 Å². The Morgan fingerprint density at radius 2 is 1.82 bits per heavy atom. The number of halogens is 1. The minimum absolute atomic E-state index is 0.0348. The molecule has 3 fully saturated rings. The van der Waals surface area contributed by atoms with Crippen molar-refractivity contribution < 1.29 is 27.1 Å². The number of benzene rings is 2. The first-order valence-electron chi connectivity index (χ1n) is 13.8. The van der Waals surface area contributed by atoms with E-state index in [0.29, 0.717) is 37.7 Å². The molecule has 3 heterocycles. The average Bonchev–Trinajstić information content (AvgIpc) is 3.73. The SMILES string of the molecule is O=C(NC1CCS(=O)(=O)CC1)c1ccc(OCCN2CCC3(CC2)C(=O)Nc2ccc(C4CC4)cc23)cc1F. The molecule has 1 saturated carbocycles. The van der Waals surface area contributed by atoms with Gasteiger partial charge in [0.25, 0.3) is 5.91 Å². The maximum absolute atomic E-state index is 14.7. The fraction of sp³-hybridized carbons (Fsp3) is 0.517. The molecule has 2 amide bonds. The first-order chi connectivity index (χ1) is 18.7. The topological polar surface area (TPSA) is 105 Å². The number of hydrogen-bond acceptors (Lipinski definition) is 6. The molecule has 8 nitrogen and oxygen atoms in total. The Kier molecular flexibility index (Phi) is 6.87. The summed E-state index contributed by atoms with van der Waals surface area (Å²) < 4.78 is 43.6. The number of nitrogens with one attached hydrogen (secondary N) is 2. The molecule has 1 spiro atoms. The summed E-state index contributed by atoms with van der Waals surface area (Å²) in [4.78, 5) is 27.8. The van der Waals surface area contributed by atoms with Crippen molar-refractivity contribution in [2.24, 2.45) is 0 Å². The van der Waals surface area contributed by atoms with Gasteiger partial charge in [0.05, 0.1) is 22.5 Å². The Hall–Kier alpha value is -2.98. The second kappa shape index (κ2) is 10.2. The van der Waals surface area contributed by atoms with Crippen LogP contribution in [0.2, 0.25) is 0 Å². The fourth-order valence-corrected chi connectivity index (χ4v) is 7.61. The lowest BCUT2D eigenvalue weighted by Crippen LogP contribution is -2.47. The molecule has 2 saturated heterocycles. The molecule has 2 aromatic carbocycles. The Balaban J connectivity index is 0.994. The number of nitrogens with zero attached hydrogens (tertiary/aromatic N) is 1. The van der Waals surface area contributed by atoms with Crippen molar-refractivity contribution in [1.82, 2.24) is 10.2 Å². The van der Waals surface area contributed by atoms with Gasteiger partial charge >= 0.3 is 0 Å². The Morgan fingerprint density at radius 1 is 1.08 bits per heavy atom. The van der Waals surface area contributed by atoms with Crippen LogP contribution in [0.5, 0.6) is 5.75 Å². The Morgan fingerprint density at radius 3 is 2.51 bits per heavy atom. The fourth-order valence-electron chi connectivity index (χ4n) is 6.12. The van der Waals surface area contributed by atoms with Gasteiger partial charge in [-0.3, -0.25) is 14.5 Å². The zero-order valence-corrected chi connectivity index (χ0v) is 22.7. The summed E-state index contributed by atoms with van der Waals surface area (Å²) in [6.45, 7) is 2.57. The average molecular weight is 556 g/mol. The molecule has 3 aliphatic heterocycles. The van der Waals surface area contributed by atoms with E-state index in [1.165, 1.54) is 30.5 Å². The van der Waals surface area contributed by atoms with E-state index in [-0.39, 0.29) is 29.0 Å². The highest BCUT2D eigenvalue weighted by molar-refractivity contribution is 7.91. The third-order valence-corrected chi connectivity index (χ3v) is 10.5. The largest absolute Gasteiger partial charge is 0.492 e. The van der Waals surface area contributed by atoms with Gasteiger partial charge < -0.3 is 15.4 Å². The van der Waals surface area contributed by atoms with Crippen molar-refractivity contribution in [2.75, 3.05) is 43.1 Å². The van der Waals surface area contributed by atoms with Gasteiger partial charge in [0.1, 0.15) is 28.0 Å². The second-order valence-corrected chi connectivity index (χ2v) is 13.7. The van der Waals surface area contributed by atoms with Gasteiger partial charge in [-0.05, 0) is 86.9 Å². The summed E-state index contributed by atoms with van der Waals surface area (Å²) in [6.07, 6.45) is 4.65. The zero-order chi connectivity index (χ0) is 27.2. The van der Waals surface area contributed by atoms with Crippen LogP contribution in [0.1, 0.15) is 65.9 Å². The van der Waals surface area contributed by atoms with Crippen LogP contribution in [0, 0.1) is 5.82 Å². The molecule has 1 aliphatic carbocycles. The van der Waals surface area contributed by atoms with E-state index in [9.17, 15) is 22.4 Å². The monoisotopic (exact) mass is 555 g/mol. The summed E-state index contributed by atoms with van der Waals surface area (Å²) in [5.74, 6) is -0.0589. The number of rotatable bonds is 7. The lowest BCUT2D eigenvalue weighted by molar-refractivity contribution is -0.122. The van der Waals surface area contributed by atoms with E-state index < -0.39 is 27.0 Å². The van der Waals surface area contributed by atoms with Gasteiger partial charge in [0.2, 0.25) is 5.91 Å². The number of hydrogen-bond donors (Lipinski definition) is 2. The minimum Gasteiger partial charge on any atom is -0.492 e. The maximum atomic E-state index is 14.7. The third kappa shape index (κ3) is 5.41. The first-order valence-corrected chi connectivity index (χ1v) is 15.7. The summed E-state index contributed by atoms with van der Waals surface area (Å²) in [5.41, 5.74) is 2.91. The lowest BCUT2D eigenvalue weighted by Gasteiger charge is -2.38. The molecule has 2 N–H and O–H groups in total. The molecule has 208 valence electrons. The van der Waals surface area contributed by atoms with Crippen LogP contribution in [0.25, 0.3) is 0 Å². The Labute approximate surface area is 228 Å². The number of carbonyl (C=O) groups is 2. The molecule has 2 aromatic rings. The van der Waals surface area contributed by atoms with Crippen molar-refractivity contribution in [3.05, 3.63) is 58.9 Å². The molecule has 0 unspecified atom stereocenters. The standard InChI is InChI=1S/C29H34FN3O5S/c30-25-18-22(4-5-23(25)27(34)31-21-7-15-39(36,37)16-8-21)38-14-13-33-11-9-29(10-12-33)24-17-20(19-1-2-19)3-6-26(24)32-28(29)35/h3-6,17-19,21H,1-2,7-16H2,(H,31,34)(H,32,35). The zero-order valence-electron chi connectivity index (χ0n) is 21.9. The number of ether oxygens (including phenoxy) is 1. The van der Waals surface area contributed by atoms with E-state index >= 15 is 0 Å². The van der Waals surface area contributed by atoms with Crippen LogP contribution in [0.15, 0.2) is 36.4 Å². The minimum atomic E-state index is -3.03. The van der Waals surface area contributed by atoms with Crippen molar-refractivity contribution in [3.8, 4) is 5.75 Å². The van der Waals surface area contributed by atoms with Crippen LogP contribution >= 0.6 is 0 Å². The normalized spacial score (nSPS) is 22.3. The van der Waals surface area contributed by atoms with Crippen molar-refractivity contribution in [2.45, 2.75) is 55.9 Å². The third-order valence-electron chi connectivity index (χ3n) is 8.75. The highest BCUT2D eigenvalue weighted by Crippen LogP contribution is 2.48. The summed E-state index contributed by atoms with van der Waals surface area (Å²) in [7, 11) is -3.03. The Bertz CT molecular complexity index is 1390. The predicted molar refractivity (Wildman–Crippen MR) is 145 cm³/mol. The summed E-state index contributed by atoms with van der Waals surface area (Å²) in [5, 5.41) is 5.84. The highest BCUT2D eigenvalue weighted by Gasteiger charge is 2.48. The van der Waals surface area contributed by atoms with Crippen LogP contribution in [-0.2, 0) is 20.0 Å². The van der Waals surface area contributed by atoms with Crippen LogP contribution in [0.3, 0.4) is 0 Å². The molecule has 0 radical (unpaired) electrons. The van der Waals surface area contributed by atoms with Crippen LogP contribution in [-0.4, -0.2) is 68.9 Å². The number of anilines is 1. The summed E-state index contributed by atoms with van der Waals surface area (Å²) in [6, 6.07) is 10.4. The molecule has 0 bridgehead atoms. The highest BCUT2D eigenvalue weighted by atomic mass is 32.2. The van der Waals surface area contributed by atoms with E-state index in [2.05, 4.69) is 33.7 Å². The molecule has 10 heteroatoms. The van der Waals surface area contributed by atoms with Crippen LogP contribution < -0.4 is 15.4 Å². The van der Waals surface area contributed by atoms with E-state index in [1.54, 1.807) is 6.07 Å². The molecule has 0 aromatic heterocycles. The number of amides is 2. The molecular weight excluding hydrogens is 521 g/mol. The van der Waals surface area contributed by atoms with E-state index in [1.807, 2.05) is 0 Å². The van der Waals surface area contributed by atoms with Crippen LogP contribution in [0.4, 0.5) is 10.1 Å². The predicted octanol–water partition coefficient (Wildman–Crippen LogP) is 3.37. The molecular formula is C29H34FN3O5S. The van der Waals surface area contributed by atoms with Crippen molar-refractivity contribution in [3.63, 3.8) is 0 Å². The van der Waals surface area contributed by atoms with Gasteiger partial charge in [0, 0.05) is 24.3 Å². The maximum Gasteiger partial charge on any atom is 0.254 e. The number of carbonyl (C=O) groups excluding carboxylic acids is 2. The van der Waals surface area contributed by atoms with Crippen molar-refractivity contribution in [1.29, 1.82) is 0 Å². The first kappa shape index (κ1) is 26.3. The van der Waals surface area contributed by atoms with Gasteiger partial charge in [-0.1, -0.05) is 12.1 Å². The lowest BCUT2D eigenvalue weighted by atomic mass is 9.73. The molecule has 4 aliphatic rings. The molecule has 6 rings (SSSR count). The number of fused-ring (bicyclic) bond motifs is 2. The second-order valence-electron chi connectivity index (χ2n) is 11.3. The molecule has 0 atom stereocenters. The summed E-state index contributed by atoms with van der Waals surface area (Å²) >= 11 is 0. The van der Waals surface area contributed by atoms with Gasteiger partial charge in [-0.2, -0.15) is 0 Å². The number of likely N-dealkylation sites (tertiary alicyclic amines) is 1. The number of piperidine rings is 1. The quantitative estimate of drug-likeness (QED) is 0.543. The number of sulfone groups is 1.